The van der Waals surface area contributed by atoms with Gasteiger partial charge in [-0.2, -0.15) is 5.26 Å². The molecule has 1 N–H and O–H groups in total. The number of nitriles is 1. The first-order valence-corrected chi connectivity index (χ1v) is 10.1. The number of nitrogens with one attached hydrogen (secondary N) is 1. The number of aromatic amines is 1. The molecule has 2 aliphatic heterocycles. The van der Waals surface area contributed by atoms with E-state index in [-0.39, 0.29) is 11.6 Å². The molecule has 1 aromatic rings. The number of esters is 1. The summed E-state index contributed by atoms with van der Waals surface area (Å²) in [4.78, 5) is 17.2. The molecule has 3 heterocycles. The Kier molecular flexibility index (Phi) is 6.25. The molecule has 1 aromatic heterocycles. The molecule has 7 nitrogen and oxygen atoms in total. The van der Waals surface area contributed by atoms with Gasteiger partial charge in [-0.15, -0.1) is 0 Å². The smallest absolute Gasteiger partial charge is 0.306 e. The Balaban J connectivity index is 1.99. The fraction of sp³-hybridized carbons (Fsp3) is 0.632. The minimum atomic E-state index is -0.309. The van der Waals surface area contributed by atoms with E-state index in [0.717, 1.165) is 35.1 Å². The van der Waals surface area contributed by atoms with Crippen LogP contribution in [0.5, 0.6) is 0 Å². The van der Waals surface area contributed by atoms with Crippen molar-refractivity contribution in [1.82, 2.24) is 0 Å². The van der Waals surface area contributed by atoms with Crippen molar-refractivity contribution in [1.29, 1.82) is 5.26 Å². The minimum Gasteiger partial charge on any atom is -0.469 e. The third kappa shape index (κ3) is 4.54. The van der Waals surface area contributed by atoms with E-state index < -0.39 is 0 Å². The van der Waals surface area contributed by atoms with Gasteiger partial charge in [0, 0.05) is 12.2 Å². The normalized spacial score (nSPS) is 18.5. The molecule has 8 heteroatoms. The Morgan fingerprint density at radius 2 is 2.11 bits per heavy atom. The summed E-state index contributed by atoms with van der Waals surface area (Å²) >= 11 is 1.49. The van der Waals surface area contributed by atoms with Gasteiger partial charge in [-0.25, -0.2) is 4.98 Å². The van der Waals surface area contributed by atoms with Gasteiger partial charge in [-0.1, -0.05) is 11.8 Å². The Hall–Kier alpha value is -1.82. The first-order chi connectivity index (χ1) is 12.9. The summed E-state index contributed by atoms with van der Waals surface area (Å²) in [5, 5.41) is 10.7. The highest BCUT2D eigenvalue weighted by Gasteiger charge is 2.36. The highest BCUT2D eigenvalue weighted by molar-refractivity contribution is 7.99. The second-order valence-electron chi connectivity index (χ2n) is 7.25. The van der Waals surface area contributed by atoms with Crippen LogP contribution in [0.4, 0.5) is 5.82 Å². The third-order valence-corrected chi connectivity index (χ3v) is 5.84. The van der Waals surface area contributed by atoms with Crippen LogP contribution in [0, 0.1) is 11.3 Å². The highest BCUT2D eigenvalue weighted by atomic mass is 32.2. The predicted octanol–water partition coefficient (Wildman–Crippen LogP) is 1.72. The summed E-state index contributed by atoms with van der Waals surface area (Å²) in [5.41, 5.74) is 2.46. The molecule has 0 saturated carbocycles. The number of morpholine rings is 1. The zero-order valence-electron chi connectivity index (χ0n) is 16.1. The fourth-order valence-electron chi connectivity index (χ4n) is 3.39. The standard InChI is InChI=1S/C19H25N3O4S/c1-19(2)10-13-14(11-20)18(27-9-4-16(23)24-3)21-17(15(13)12-26-19)22-5-7-25-8-6-22/h4-10,12H2,1-3H3/p+1. The lowest BCUT2D eigenvalue weighted by Gasteiger charge is -2.34. The molecule has 2 aliphatic rings. The topological polar surface area (TPSA) is 85.9 Å². The Labute approximate surface area is 164 Å². The molecule has 1 fully saturated rings. The number of H-pyrrole nitrogens is 1. The van der Waals surface area contributed by atoms with Crippen LogP contribution >= 0.6 is 11.8 Å². The van der Waals surface area contributed by atoms with Crippen LogP contribution in [0.1, 0.15) is 37.0 Å². The molecule has 0 bridgehead atoms. The number of aromatic nitrogens is 1. The van der Waals surface area contributed by atoms with Gasteiger partial charge >= 0.3 is 5.97 Å². The number of pyridine rings is 1. The Morgan fingerprint density at radius 1 is 1.37 bits per heavy atom. The van der Waals surface area contributed by atoms with Gasteiger partial charge in [0.25, 0.3) is 5.82 Å². The predicted molar refractivity (Wildman–Crippen MR) is 101 cm³/mol. The Morgan fingerprint density at radius 3 is 2.78 bits per heavy atom. The number of carbonyl (C=O) groups excluding carboxylic acids is 1. The van der Waals surface area contributed by atoms with Crippen molar-refractivity contribution in [2.24, 2.45) is 0 Å². The van der Waals surface area contributed by atoms with Crippen molar-refractivity contribution in [2.45, 2.75) is 43.9 Å². The lowest BCUT2D eigenvalue weighted by atomic mass is 9.89. The van der Waals surface area contributed by atoms with Crippen molar-refractivity contribution in [3.05, 3.63) is 16.7 Å². The van der Waals surface area contributed by atoms with Crippen LogP contribution < -0.4 is 9.88 Å². The number of carbonyl (C=O) groups is 1. The first kappa shape index (κ1) is 19.9. The number of methoxy groups -OCH3 is 1. The molecule has 27 heavy (non-hydrogen) atoms. The molecule has 3 rings (SSSR count). The van der Waals surface area contributed by atoms with Crippen LogP contribution in [-0.4, -0.2) is 50.7 Å². The number of thioether (sulfide) groups is 1. The van der Waals surface area contributed by atoms with Crippen molar-refractivity contribution in [3.8, 4) is 6.07 Å². The van der Waals surface area contributed by atoms with Crippen LogP contribution in [0.25, 0.3) is 0 Å². The highest BCUT2D eigenvalue weighted by Crippen LogP contribution is 2.36. The second kappa shape index (κ2) is 8.46. The molecule has 0 aliphatic carbocycles. The molecule has 0 radical (unpaired) electrons. The first-order valence-electron chi connectivity index (χ1n) is 9.12. The van der Waals surface area contributed by atoms with Crippen molar-refractivity contribution in [2.75, 3.05) is 44.1 Å². The van der Waals surface area contributed by atoms with Crippen LogP contribution in [0.3, 0.4) is 0 Å². The minimum absolute atomic E-state index is 0.248. The van der Waals surface area contributed by atoms with Crippen LogP contribution in [0.15, 0.2) is 5.03 Å². The van der Waals surface area contributed by atoms with Crippen molar-refractivity contribution >= 4 is 23.5 Å². The summed E-state index contributed by atoms with van der Waals surface area (Å²) < 4.78 is 16.2. The number of hydrogen-bond donors (Lipinski definition) is 0. The van der Waals surface area contributed by atoms with Crippen LogP contribution in [0.2, 0.25) is 0 Å². The van der Waals surface area contributed by atoms with E-state index in [1.165, 1.54) is 18.9 Å². The van der Waals surface area contributed by atoms with Gasteiger partial charge in [0.15, 0.2) is 5.03 Å². The van der Waals surface area contributed by atoms with Gasteiger partial charge < -0.3 is 14.2 Å². The van der Waals surface area contributed by atoms with E-state index in [0.29, 0.717) is 44.0 Å². The largest absolute Gasteiger partial charge is 0.469 e. The second-order valence-corrected chi connectivity index (χ2v) is 8.35. The van der Waals surface area contributed by atoms with Crippen LogP contribution in [-0.2, 0) is 32.0 Å². The molecule has 146 valence electrons. The van der Waals surface area contributed by atoms with E-state index in [1.807, 2.05) is 13.8 Å². The maximum atomic E-state index is 11.4. The van der Waals surface area contributed by atoms with E-state index in [1.54, 1.807) is 0 Å². The SMILES string of the molecule is COC(=O)CCSc1[nH+]c(N2CCOCC2)c2c(c1C#N)CC(C)(C)OC2. The number of rotatable bonds is 5. The molecule has 0 spiro atoms. The van der Waals surface area contributed by atoms with Gasteiger partial charge in [-0.05, 0) is 19.4 Å². The molecule has 1 saturated heterocycles. The van der Waals surface area contributed by atoms with Gasteiger partial charge in [0.05, 0.1) is 44.5 Å². The van der Waals surface area contributed by atoms with Crippen molar-refractivity contribution < 1.29 is 24.0 Å². The van der Waals surface area contributed by atoms with Gasteiger partial charge in [0.1, 0.15) is 24.7 Å². The third-order valence-electron chi connectivity index (χ3n) is 4.84. The molecule has 0 atom stereocenters. The molecule has 0 aromatic carbocycles. The van der Waals surface area contributed by atoms with Crippen molar-refractivity contribution in [3.63, 3.8) is 0 Å². The maximum Gasteiger partial charge on any atom is 0.306 e. The van der Waals surface area contributed by atoms with E-state index in [2.05, 4.69) is 16.0 Å². The fourth-order valence-corrected chi connectivity index (χ4v) is 4.35. The maximum absolute atomic E-state index is 11.4. The zero-order valence-corrected chi connectivity index (χ0v) is 16.9. The summed E-state index contributed by atoms with van der Waals surface area (Å²) in [7, 11) is 1.39. The van der Waals surface area contributed by atoms with E-state index in [4.69, 9.17) is 14.2 Å². The summed E-state index contributed by atoms with van der Waals surface area (Å²) in [6.45, 7) is 7.53. The molecule has 0 unspecified atom stereocenters. The Bertz CT molecular complexity index is 754. The summed E-state index contributed by atoms with van der Waals surface area (Å²) in [6, 6.07) is 2.38. The monoisotopic (exact) mass is 392 g/mol. The average molecular weight is 393 g/mol. The molecule has 0 amide bonds. The number of hydrogen-bond acceptors (Lipinski definition) is 7. The molecular formula is C19H26N3O4S+. The summed E-state index contributed by atoms with van der Waals surface area (Å²) in [5.74, 6) is 1.31. The van der Waals surface area contributed by atoms with Gasteiger partial charge in [-0.3, -0.25) is 9.69 Å². The summed E-state index contributed by atoms with van der Waals surface area (Å²) in [6.07, 6.45) is 0.986. The van der Waals surface area contributed by atoms with E-state index in [9.17, 15) is 10.1 Å². The van der Waals surface area contributed by atoms with E-state index >= 15 is 0 Å². The van der Waals surface area contributed by atoms with Gasteiger partial charge in [0.2, 0.25) is 0 Å². The quantitative estimate of drug-likeness (QED) is 0.557. The molecular weight excluding hydrogens is 366 g/mol. The number of fused-ring (bicyclic) bond motifs is 1. The number of nitrogens with zero attached hydrogens (tertiary/aromatic N) is 2. The average Bonchev–Trinajstić information content (AvgIpc) is 2.67. The zero-order chi connectivity index (χ0) is 19.4. The lowest BCUT2D eigenvalue weighted by Crippen LogP contribution is -2.43. The lowest BCUT2D eigenvalue weighted by molar-refractivity contribution is -0.415. The number of anilines is 1. The number of ether oxygens (including phenoxy) is 3.